The number of halogens is 1. The summed E-state index contributed by atoms with van der Waals surface area (Å²) in [5.41, 5.74) is 2.99. The fourth-order valence-corrected chi connectivity index (χ4v) is 3.61. The topological polar surface area (TPSA) is 67.1 Å². The first-order valence-corrected chi connectivity index (χ1v) is 10.2. The average Bonchev–Trinajstić information content (AvgIpc) is 3.06. The van der Waals surface area contributed by atoms with E-state index in [-0.39, 0.29) is 17.1 Å². The predicted molar refractivity (Wildman–Crippen MR) is 124 cm³/mol. The molecule has 31 heavy (non-hydrogen) atoms. The quantitative estimate of drug-likeness (QED) is 0.501. The molecule has 6 heteroatoms. The van der Waals surface area contributed by atoms with E-state index in [1.165, 1.54) is 18.3 Å². The Bertz CT molecular complexity index is 1120. The van der Waals surface area contributed by atoms with Crippen LogP contribution >= 0.6 is 0 Å². The van der Waals surface area contributed by atoms with Gasteiger partial charge in [0, 0.05) is 46.5 Å². The van der Waals surface area contributed by atoms with Crippen LogP contribution in [-0.4, -0.2) is 30.4 Å². The molecule has 0 aliphatic rings. The van der Waals surface area contributed by atoms with Crippen LogP contribution in [0, 0.1) is 16.6 Å². The molecule has 0 fully saturated rings. The molecule has 3 aromatic rings. The summed E-state index contributed by atoms with van der Waals surface area (Å²) < 4.78 is 21.1. The van der Waals surface area contributed by atoms with Crippen molar-refractivity contribution in [3.63, 3.8) is 0 Å². The number of rotatable bonds is 6. The number of nitrogens with one attached hydrogen (secondary N) is 2. The van der Waals surface area contributed by atoms with Crippen LogP contribution in [0.3, 0.4) is 0 Å². The van der Waals surface area contributed by atoms with E-state index < -0.39 is 5.41 Å². The van der Waals surface area contributed by atoms with Crippen molar-refractivity contribution in [2.45, 2.75) is 40.0 Å². The number of ether oxygens (including phenoxy) is 1. The summed E-state index contributed by atoms with van der Waals surface area (Å²) in [7, 11) is 1.67. The molecule has 0 atom stereocenters. The summed E-state index contributed by atoms with van der Waals surface area (Å²) in [6.07, 6.45) is 1.24. The van der Waals surface area contributed by atoms with Gasteiger partial charge in [0.25, 0.3) is 0 Å². The van der Waals surface area contributed by atoms with Gasteiger partial charge in [0.2, 0.25) is 5.91 Å². The maximum atomic E-state index is 13.6. The number of hydrogen-bond donors (Lipinski definition) is 2. The third-order valence-corrected chi connectivity index (χ3v) is 5.34. The lowest BCUT2D eigenvalue weighted by atomic mass is 9.90. The van der Waals surface area contributed by atoms with Crippen molar-refractivity contribution in [2.75, 3.05) is 19.0 Å². The minimum absolute atomic E-state index is 0.118. The zero-order valence-corrected chi connectivity index (χ0v) is 19.0. The highest BCUT2D eigenvalue weighted by Gasteiger charge is 2.28. The standard InChI is InChI=1S/C25H30FN3O2/c1-24(2,3)23(30)28-20-11-16-13-22(25(4,5)15-31-6)29(21(16)12-17(20)14-27)19-9-7-18(26)8-10-19/h7-14,27H,15H2,1-6H3,(H,28,30). The molecule has 2 aromatic carbocycles. The lowest BCUT2D eigenvalue weighted by Gasteiger charge is -2.26. The predicted octanol–water partition coefficient (Wildman–Crippen LogP) is 5.68. The molecule has 0 radical (unpaired) electrons. The van der Waals surface area contributed by atoms with Gasteiger partial charge in [-0.05, 0) is 42.5 Å². The van der Waals surface area contributed by atoms with Crippen LogP contribution in [0.2, 0.25) is 0 Å². The fraction of sp³-hybridized carbons (Fsp3) is 0.360. The number of anilines is 1. The second-order valence-corrected chi connectivity index (χ2v) is 9.51. The molecule has 0 bridgehead atoms. The molecular weight excluding hydrogens is 393 g/mol. The van der Waals surface area contributed by atoms with Crippen molar-refractivity contribution in [3.8, 4) is 5.69 Å². The Balaban J connectivity index is 2.27. The number of amides is 1. The van der Waals surface area contributed by atoms with Crippen molar-refractivity contribution < 1.29 is 13.9 Å². The normalized spacial score (nSPS) is 12.2. The van der Waals surface area contributed by atoms with E-state index in [0.717, 1.165) is 22.3 Å². The first-order chi connectivity index (χ1) is 14.5. The number of nitrogens with zero attached hydrogens (tertiary/aromatic N) is 1. The smallest absolute Gasteiger partial charge is 0.229 e. The molecule has 0 spiro atoms. The highest BCUT2D eigenvalue weighted by molar-refractivity contribution is 6.03. The number of fused-ring (bicyclic) bond motifs is 1. The van der Waals surface area contributed by atoms with Gasteiger partial charge >= 0.3 is 0 Å². The monoisotopic (exact) mass is 423 g/mol. The number of carbonyl (C=O) groups excluding carboxylic acids is 1. The van der Waals surface area contributed by atoms with Crippen molar-refractivity contribution in [3.05, 3.63) is 59.5 Å². The minimum atomic E-state index is -0.556. The molecule has 0 saturated heterocycles. The van der Waals surface area contributed by atoms with Crippen molar-refractivity contribution in [2.24, 2.45) is 5.41 Å². The highest BCUT2D eigenvalue weighted by atomic mass is 19.1. The number of carbonyl (C=O) groups is 1. The lowest BCUT2D eigenvalue weighted by Crippen LogP contribution is -2.28. The molecule has 1 heterocycles. The second-order valence-electron chi connectivity index (χ2n) is 9.51. The van der Waals surface area contributed by atoms with Crippen molar-refractivity contribution >= 4 is 28.7 Å². The van der Waals surface area contributed by atoms with Crippen LogP contribution in [0.1, 0.15) is 45.9 Å². The Labute approximate surface area is 182 Å². The molecule has 0 aliphatic heterocycles. The fourth-order valence-electron chi connectivity index (χ4n) is 3.61. The summed E-state index contributed by atoms with van der Waals surface area (Å²) >= 11 is 0. The molecule has 5 nitrogen and oxygen atoms in total. The molecule has 164 valence electrons. The van der Waals surface area contributed by atoms with Crippen LogP contribution in [0.15, 0.2) is 42.5 Å². The van der Waals surface area contributed by atoms with E-state index in [0.29, 0.717) is 17.9 Å². The van der Waals surface area contributed by atoms with E-state index >= 15 is 0 Å². The average molecular weight is 424 g/mol. The molecular formula is C25H30FN3O2. The van der Waals surface area contributed by atoms with E-state index in [9.17, 15) is 9.18 Å². The van der Waals surface area contributed by atoms with Crippen LogP contribution in [0.4, 0.5) is 10.1 Å². The van der Waals surface area contributed by atoms with Crippen LogP contribution < -0.4 is 5.32 Å². The van der Waals surface area contributed by atoms with Gasteiger partial charge in [-0.15, -0.1) is 0 Å². The number of aromatic nitrogens is 1. The first kappa shape index (κ1) is 22.7. The van der Waals surface area contributed by atoms with Gasteiger partial charge in [0.05, 0.1) is 17.8 Å². The highest BCUT2D eigenvalue weighted by Crippen LogP contribution is 2.35. The third kappa shape index (κ3) is 4.54. The Kier molecular flexibility index (Phi) is 6.05. The SMILES string of the molecule is COCC(C)(C)c1cc2cc(NC(=O)C(C)(C)C)c(C=N)cc2n1-c1ccc(F)cc1. The third-order valence-electron chi connectivity index (χ3n) is 5.34. The number of hydrogen-bond acceptors (Lipinski definition) is 3. The van der Waals surface area contributed by atoms with E-state index in [2.05, 4.69) is 29.8 Å². The van der Waals surface area contributed by atoms with Gasteiger partial charge in [-0.25, -0.2) is 4.39 Å². The molecule has 1 aromatic heterocycles. The van der Waals surface area contributed by atoms with E-state index in [1.54, 1.807) is 19.2 Å². The van der Waals surface area contributed by atoms with Crippen LogP contribution in [0.25, 0.3) is 16.6 Å². The zero-order chi connectivity index (χ0) is 23.0. The Hall–Kier alpha value is -2.99. The van der Waals surface area contributed by atoms with Gasteiger partial charge in [0.1, 0.15) is 5.82 Å². The Morgan fingerprint density at radius 1 is 1.13 bits per heavy atom. The maximum Gasteiger partial charge on any atom is 0.229 e. The zero-order valence-electron chi connectivity index (χ0n) is 19.0. The van der Waals surface area contributed by atoms with Crippen molar-refractivity contribution in [1.29, 1.82) is 5.41 Å². The van der Waals surface area contributed by atoms with Gasteiger partial charge in [0.15, 0.2) is 0 Å². The molecule has 3 rings (SSSR count). The summed E-state index contributed by atoms with van der Waals surface area (Å²) in [5, 5.41) is 11.8. The summed E-state index contributed by atoms with van der Waals surface area (Å²) in [6.45, 7) is 10.2. The van der Waals surface area contributed by atoms with Crippen molar-refractivity contribution in [1.82, 2.24) is 4.57 Å². The van der Waals surface area contributed by atoms with Crippen LogP contribution in [-0.2, 0) is 14.9 Å². The Morgan fingerprint density at radius 3 is 2.32 bits per heavy atom. The second kappa shape index (κ2) is 8.27. The van der Waals surface area contributed by atoms with Gasteiger partial charge in [-0.2, -0.15) is 0 Å². The molecule has 0 aliphatic carbocycles. The van der Waals surface area contributed by atoms with E-state index in [1.807, 2.05) is 32.9 Å². The largest absolute Gasteiger partial charge is 0.384 e. The van der Waals surface area contributed by atoms with E-state index in [4.69, 9.17) is 10.1 Å². The number of methoxy groups -OCH3 is 1. The first-order valence-electron chi connectivity index (χ1n) is 10.2. The summed E-state index contributed by atoms with van der Waals surface area (Å²) in [5.74, 6) is -0.418. The van der Waals surface area contributed by atoms with Gasteiger partial charge in [-0.1, -0.05) is 34.6 Å². The summed E-state index contributed by atoms with van der Waals surface area (Å²) in [6, 6.07) is 12.2. The molecule has 0 saturated carbocycles. The Morgan fingerprint density at radius 2 is 1.77 bits per heavy atom. The minimum Gasteiger partial charge on any atom is -0.384 e. The molecule has 0 unspecified atom stereocenters. The van der Waals surface area contributed by atoms with Gasteiger partial charge in [-0.3, -0.25) is 4.79 Å². The summed E-state index contributed by atoms with van der Waals surface area (Å²) in [4.78, 5) is 12.6. The molecule has 1 amide bonds. The number of benzene rings is 2. The maximum absolute atomic E-state index is 13.6. The van der Waals surface area contributed by atoms with Gasteiger partial charge < -0.3 is 20.0 Å². The lowest BCUT2D eigenvalue weighted by molar-refractivity contribution is -0.123. The van der Waals surface area contributed by atoms with Crippen LogP contribution in [0.5, 0.6) is 0 Å². The molecule has 2 N–H and O–H groups in total.